The highest BCUT2D eigenvalue weighted by molar-refractivity contribution is 7.86. The van der Waals surface area contributed by atoms with Crippen LogP contribution in [0.4, 0.5) is 10.1 Å². The van der Waals surface area contributed by atoms with Crippen LogP contribution in [-0.4, -0.2) is 66.9 Å². The van der Waals surface area contributed by atoms with E-state index in [4.69, 9.17) is 0 Å². The van der Waals surface area contributed by atoms with Crippen LogP contribution in [0.2, 0.25) is 0 Å². The first-order valence-electron chi connectivity index (χ1n) is 8.40. The van der Waals surface area contributed by atoms with Gasteiger partial charge in [-0.1, -0.05) is 0 Å². The molecule has 0 aromatic heterocycles. The molecule has 1 atom stereocenters. The Morgan fingerprint density at radius 1 is 1.04 bits per heavy atom. The van der Waals surface area contributed by atoms with E-state index in [0.29, 0.717) is 25.9 Å². The molecule has 0 bridgehead atoms. The molecule has 25 heavy (non-hydrogen) atoms. The molecule has 0 spiro atoms. The zero-order valence-corrected chi connectivity index (χ0v) is 14.7. The number of hydrogen-bond acceptors (Lipinski definition) is 4. The fourth-order valence-corrected chi connectivity index (χ4v) is 5.20. The Bertz CT molecular complexity index is 717. The largest absolute Gasteiger partial charge is 0.480 e. The van der Waals surface area contributed by atoms with Gasteiger partial charge in [-0.25, -0.2) is 4.39 Å². The maximum atomic E-state index is 13.0. The first-order chi connectivity index (χ1) is 11.9. The van der Waals surface area contributed by atoms with Gasteiger partial charge in [-0.2, -0.15) is 17.0 Å². The molecule has 2 aliphatic rings. The second-order valence-electron chi connectivity index (χ2n) is 6.33. The lowest BCUT2D eigenvalue weighted by Crippen LogP contribution is -2.57. The molecule has 0 amide bonds. The zero-order valence-electron chi connectivity index (χ0n) is 13.8. The SMILES string of the molecule is O=C(O)C1CCCCN1S(=O)(=O)N1CCN(c2ccc(F)cc2)CC1. The molecule has 138 valence electrons. The van der Waals surface area contributed by atoms with Crippen molar-refractivity contribution >= 4 is 21.9 Å². The normalized spacial score (nSPS) is 23.6. The second kappa shape index (κ2) is 7.27. The predicted octanol–water partition coefficient (Wildman–Crippen LogP) is 1.13. The van der Waals surface area contributed by atoms with Crippen LogP contribution in [0.3, 0.4) is 0 Å². The third kappa shape index (κ3) is 3.78. The lowest BCUT2D eigenvalue weighted by Gasteiger charge is -2.40. The second-order valence-corrected chi connectivity index (χ2v) is 8.21. The molecule has 1 aromatic rings. The predicted molar refractivity (Wildman–Crippen MR) is 91.1 cm³/mol. The van der Waals surface area contributed by atoms with E-state index in [1.165, 1.54) is 16.4 Å². The van der Waals surface area contributed by atoms with Crippen molar-refractivity contribution in [1.82, 2.24) is 8.61 Å². The van der Waals surface area contributed by atoms with Crippen molar-refractivity contribution in [2.24, 2.45) is 0 Å². The summed E-state index contributed by atoms with van der Waals surface area (Å²) in [7, 11) is -3.79. The third-order valence-corrected chi connectivity index (χ3v) is 6.84. The fraction of sp³-hybridized carbons (Fsp3) is 0.562. The van der Waals surface area contributed by atoms with Gasteiger partial charge in [0.05, 0.1) is 0 Å². The zero-order chi connectivity index (χ0) is 18.0. The fourth-order valence-electron chi connectivity index (χ4n) is 3.41. The van der Waals surface area contributed by atoms with Crippen molar-refractivity contribution in [3.8, 4) is 0 Å². The van der Waals surface area contributed by atoms with Crippen LogP contribution in [0, 0.1) is 5.82 Å². The number of hydrogen-bond donors (Lipinski definition) is 1. The summed E-state index contributed by atoms with van der Waals surface area (Å²) in [6.07, 6.45) is 1.75. The van der Waals surface area contributed by atoms with Gasteiger partial charge in [-0.3, -0.25) is 4.79 Å². The quantitative estimate of drug-likeness (QED) is 0.858. The first kappa shape index (κ1) is 18.1. The number of halogens is 1. The van der Waals surface area contributed by atoms with Crippen molar-refractivity contribution in [3.05, 3.63) is 30.1 Å². The molecule has 0 radical (unpaired) electrons. The molecule has 2 aliphatic heterocycles. The number of aliphatic carboxylic acids is 1. The molecule has 2 saturated heterocycles. The van der Waals surface area contributed by atoms with Crippen LogP contribution in [0.25, 0.3) is 0 Å². The minimum atomic E-state index is -3.79. The summed E-state index contributed by atoms with van der Waals surface area (Å²) in [6.45, 7) is 1.77. The number of anilines is 1. The molecule has 1 aromatic carbocycles. The molecule has 7 nitrogen and oxygen atoms in total. The molecular formula is C16H22FN3O4S. The standard InChI is InChI=1S/C16H22FN3O4S/c17-13-4-6-14(7-5-13)18-9-11-19(12-10-18)25(23,24)20-8-2-1-3-15(20)16(21)22/h4-7,15H,1-3,8-12H2,(H,21,22). The minimum Gasteiger partial charge on any atom is -0.480 e. The van der Waals surface area contributed by atoms with E-state index >= 15 is 0 Å². The molecular weight excluding hydrogens is 349 g/mol. The summed E-state index contributed by atoms with van der Waals surface area (Å²) >= 11 is 0. The Kier molecular flexibility index (Phi) is 5.26. The smallest absolute Gasteiger partial charge is 0.322 e. The van der Waals surface area contributed by atoms with Crippen LogP contribution in [0.15, 0.2) is 24.3 Å². The van der Waals surface area contributed by atoms with Crippen molar-refractivity contribution < 1.29 is 22.7 Å². The van der Waals surface area contributed by atoms with E-state index in [9.17, 15) is 22.7 Å². The van der Waals surface area contributed by atoms with Gasteiger partial charge in [-0.05, 0) is 43.5 Å². The number of rotatable bonds is 4. The highest BCUT2D eigenvalue weighted by Gasteiger charge is 2.40. The Labute approximate surface area is 146 Å². The van der Waals surface area contributed by atoms with E-state index in [0.717, 1.165) is 16.4 Å². The summed E-state index contributed by atoms with van der Waals surface area (Å²) in [5.41, 5.74) is 0.847. The van der Waals surface area contributed by atoms with Crippen LogP contribution in [-0.2, 0) is 15.0 Å². The average Bonchev–Trinajstić information content (AvgIpc) is 2.62. The van der Waals surface area contributed by atoms with Crippen LogP contribution in [0.5, 0.6) is 0 Å². The summed E-state index contributed by atoms with van der Waals surface area (Å²) in [5.74, 6) is -1.40. The van der Waals surface area contributed by atoms with E-state index in [2.05, 4.69) is 0 Å². The number of carboxylic acid groups (broad SMARTS) is 1. The summed E-state index contributed by atoms with van der Waals surface area (Å²) in [5, 5.41) is 9.32. The number of nitrogens with zero attached hydrogens (tertiary/aromatic N) is 3. The van der Waals surface area contributed by atoms with Crippen molar-refractivity contribution in [3.63, 3.8) is 0 Å². The highest BCUT2D eigenvalue weighted by atomic mass is 32.2. The Hall–Kier alpha value is -1.71. The number of carbonyl (C=O) groups is 1. The maximum Gasteiger partial charge on any atom is 0.322 e. The number of piperazine rings is 1. The topological polar surface area (TPSA) is 81.2 Å². The van der Waals surface area contributed by atoms with E-state index in [1.807, 2.05) is 4.90 Å². The lowest BCUT2D eigenvalue weighted by molar-refractivity contribution is -0.142. The molecule has 2 heterocycles. The third-order valence-electron chi connectivity index (χ3n) is 4.79. The van der Waals surface area contributed by atoms with Gasteiger partial charge in [0.15, 0.2) is 0 Å². The van der Waals surface area contributed by atoms with Crippen molar-refractivity contribution in [2.45, 2.75) is 25.3 Å². The number of piperidine rings is 1. The maximum absolute atomic E-state index is 13.0. The highest BCUT2D eigenvalue weighted by Crippen LogP contribution is 2.25. The van der Waals surface area contributed by atoms with Crippen LogP contribution < -0.4 is 4.90 Å². The Morgan fingerprint density at radius 3 is 2.28 bits per heavy atom. The van der Waals surface area contributed by atoms with Gasteiger partial charge >= 0.3 is 5.97 Å². The van der Waals surface area contributed by atoms with Gasteiger partial charge in [0.2, 0.25) is 0 Å². The molecule has 0 aliphatic carbocycles. The van der Waals surface area contributed by atoms with Crippen molar-refractivity contribution in [2.75, 3.05) is 37.6 Å². The number of benzene rings is 1. The monoisotopic (exact) mass is 371 g/mol. The van der Waals surface area contributed by atoms with E-state index in [-0.39, 0.29) is 25.5 Å². The molecule has 3 rings (SSSR count). The van der Waals surface area contributed by atoms with Gasteiger partial charge in [-0.15, -0.1) is 0 Å². The molecule has 9 heteroatoms. The summed E-state index contributed by atoms with van der Waals surface area (Å²) in [6, 6.07) is 5.12. The average molecular weight is 371 g/mol. The number of carboxylic acids is 1. The lowest BCUT2D eigenvalue weighted by atomic mass is 10.1. The van der Waals surface area contributed by atoms with Crippen molar-refractivity contribution in [1.29, 1.82) is 0 Å². The van der Waals surface area contributed by atoms with Crippen LogP contribution in [0.1, 0.15) is 19.3 Å². The summed E-state index contributed by atoms with van der Waals surface area (Å²) in [4.78, 5) is 13.4. The molecule has 1 N–H and O–H groups in total. The van der Waals surface area contributed by atoms with E-state index in [1.54, 1.807) is 12.1 Å². The minimum absolute atomic E-state index is 0.247. The molecule has 0 saturated carbocycles. The van der Waals surface area contributed by atoms with Gasteiger partial charge < -0.3 is 10.0 Å². The molecule has 2 fully saturated rings. The van der Waals surface area contributed by atoms with Gasteiger partial charge in [0.25, 0.3) is 10.2 Å². The van der Waals surface area contributed by atoms with E-state index < -0.39 is 22.2 Å². The van der Waals surface area contributed by atoms with Crippen LogP contribution >= 0.6 is 0 Å². The van der Waals surface area contributed by atoms with Gasteiger partial charge in [0.1, 0.15) is 11.9 Å². The first-order valence-corrected chi connectivity index (χ1v) is 9.79. The summed E-state index contributed by atoms with van der Waals surface area (Å²) < 4.78 is 41.2. The Morgan fingerprint density at radius 2 is 1.68 bits per heavy atom. The molecule has 1 unspecified atom stereocenters. The Balaban J connectivity index is 1.68. The van der Waals surface area contributed by atoms with Gasteiger partial charge in [0, 0.05) is 38.4 Å².